The Balaban J connectivity index is 1.55. The fraction of sp³-hybridized carbons (Fsp3) is 0.467. The monoisotopic (exact) mass is 365 g/mol. The molecule has 3 aromatic rings. The molecule has 0 unspecified atom stereocenters. The van der Waals surface area contributed by atoms with Crippen molar-refractivity contribution in [2.75, 3.05) is 18.5 Å². The predicted molar refractivity (Wildman–Crippen MR) is 87.4 cm³/mol. The number of H-pyrrole nitrogens is 1. The molecule has 9 nitrogen and oxygen atoms in total. The van der Waals surface area contributed by atoms with E-state index in [0.29, 0.717) is 30.1 Å². The average Bonchev–Trinajstić information content (AvgIpc) is 3.30. The van der Waals surface area contributed by atoms with Gasteiger partial charge in [0.15, 0.2) is 17.3 Å². The van der Waals surface area contributed by atoms with Crippen molar-refractivity contribution in [1.82, 2.24) is 29.9 Å². The number of ether oxygens (including phenoxy) is 2. The van der Waals surface area contributed by atoms with E-state index in [1.54, 1.807) is 10.9 Å². The molecule has 0 bridgehead atoms. The van der Waals surface area contributed by atoms with Gasteiger partial charge in [-0.1, -0.05) is 6.92 Å². The molecule has 1 saturated heterocycles. The topological polar surface area (TPSA) is 103 Å². The van der Waals surface area contributed by atoms with Crippen molar-refractivity contribution in [3.05, 3.63) is 18.5 Å². The highest BCUT2D eigenvalue weighted by molar-refractivity contribution is 5.71. The molecule has 0 aromatic carbocycles. The quantitative estimate of drug-likeness (QED) is 0.691. The average molecular weight is 365 g/mol. The first-order valence-corrected chi connectivity index (χ1v) is 8.04. The minimum absolute atomic E-state index is 0.00771. The van der Waals surface area contributed by atoms with E-state index in [4.69, 9.17) is 4.74 Å². The number of fused-ring (bicyclic) bond motifs is 1. The standard InChI is InChI=1S/C15H17F2N7O2/c1-15(2-3-25-8-15)7-24-13-9(5-19-24)18-6-11(21-13)20-10-4-12(23-22-10)26-14(16)17/h4-6,14H,2-3,7-8H2,1H3,(H2,20,21,22,23)/t15-/m1/s1. The Labute approximate surface area is 146 Å². The van der Waals surface area contributed by atoms with E-state index in [9.17, 15) is 8.78 Å². The molecule has 26 heavy (non-hydrogen) atoms. The molecule has 1 aliphatic rings. The molecule has 4 heterocycles. The van der Waals surface area contributed by atoms with E-state index in [-0.39, 0.29) is 17.1 Å². The smallest absolute Gasteiger partial charge is 0.388 e. The summed E-state index contributed by atoms with van der Waals surface area (Å²) in [6, 6.07) is 1.31. The van der Waals surface area contributed by atoms with E-state index >= 15 is 0 Å². The van der Waals surface area contributed by atoms with Gasteiger partial charge in [-0.2, -0.15) is 19.0 Å². The van der Waals surface area contributed by atoms with Gasteiger partial charge in [0.1, 0.15) is 5.52 Å². The molecule has 2 N–H and O–H groups in total. The van der Waals surface area contributed by atoms with Gasteiger partial charge < -0.3 is 14.8 Å². The van der Waals surface area contributed by atoms with Gasteiger partial charge in [-0.05, 0) is 6.42 Å². The first-order valence-electron chi connectivity index (χ1n) is 8.04. The lowest BCUT2D eigenvalue weighted by atomic mass is 9.90. The number of aromatic nitrogens is 6. The van der Waals surface area contributed by atoms with Gasteiger partial charge in [-0.25, -0.2) is 19.7 Å². The summed E-state index contributed by atoms with van der Waals surface area (Å²) in [6.45, 7) is 1.33. The second-order valence-electron chi connectivity index (χ2n) is 6.50. The maximum absolute atomic E-state index is 12.2. The van der Waals surface area contributed by atoms with Gasteiger partial charge in [-0.3, -0.25) is 0 Å². The summed E-state index contributed by atoms with van der Waals surface area (Å²) in [5, 5.41) is 13.5. The Morgan fingerprint density at radius 2 is 2.31 bits per heavy atom. The minimum atomic E-state index is -2.92. The summed E-state index contributed by atoms with van der Waals surface area (Å²) >= 11 is 0. The van der Waals surface area contributed by atoms with Crippen LogP contribution in [-0.2, 0) is 11.3 Å². The Bertz CT molecular complexity index is 904. The van der Waals surface area contributed by atoms with Crippen molar-refractivity contribution >= 4 is 22.8 Å². The van der Waals surface area contributed by atoms with E-state index in [1.807, 2.05) is 0 Å². The molecule has 1 aliphatic heterocycles. The van der Waals surface area contributed by atoms with Gasteiger partial charge in [0, 0.05) is 18.1 Å². The van der Waals surface area contributed by atoms with Gasteiger partial charge in [0.05, 0.1) is 25.5 Å². The first kappa shape index (κ1) is 16.6. The highest BCUT2D eigenvalue weighted by Gasteiger charge is 2.31. The number of anilines is 2. The predicted octanol–water partition coefficient (Wildman–Crippen LogP) is 2.32. The zero-order valence-electron chi connectivity index (χ0n) is 13.9. The van der Waals surface area contributed by atoms with Crippen LogP contribution in [0.1, 0.15) is 13.3 Å². The number of aromatic amines is 1. The van der Waals surface area contributed by atoms with Crippen LogP contribution in [0.3, 0.4) is 0 Å². The van der Waals surface area contributed by atoms with Crippen molar-refractivity contribution in [3.8, 4) is 5.88 Å². The van der Waals surface area contributed by atoms with E-state index in [0.717, 1.165) is 13.0 Å². The van der Waals surface area contributed by atoms with E-state index in [2.05, 4.69) is 42.2 Å². The van der Waals surface area contributed by atoms with Crippen LogP contribution in [0, 0.1) is 5.41 Å². The van der Waals surface area contributed by atoms with Crippen molar-refractivity contribution in [2.45, 2.75) is 26.5 Å². The molecule has 0 amide bonds. The summed E-state index contributed by atoms with van der Waals surface area (Å²) in [7, 11) is 0. The fourth-order valence-electron chi connectivity index (χ4n) is 2.88. The molecule has 0 saturated carbocycles. The van der Waals surface area contributed by atoms with Crippen LogP contribution >= 0.6 is 0 Å². The molecule has 0 spiro atoms. The van der Waals surface area contributed by atoms with Crippen LogP contribution in [0.25, 0.3) is 11.2 Å². The summed E-state index contributed by atoms with van der Waals surface area (Å²) in [4.78, 5) is 8.84. The molecule has 11 heteroatoms. The lowest BCUT2D eigenvalue weighted by Crippen LogP contribution is -2.24. The first-order chi connectivity index (χ1) is 12.5. The third-order valence-electron chi connectivity index (χ3n) is 4.20. The number of rotatable bonds is 6. The highest BCUT2D eigenvalue weighted by Crippen LogP contribution is 2.30. The van der Waals surface area contributed by atoms with Crippen molar-refractivity contribution in [3.63, 3.8) is 0 Å². The molecule has 4 rings (SSSR count). The molecule has 3 aromatic heterocycles. The van der Waals surface area contributed by atoms with Crippen molar-refractivity contribution in [2.24, 2.45) is 5.41 Å². The minimum Gasteiger partial charge on any atom is -0.417 e. The Hall–Kier alpha value is -2.82. The maximum Gasteiger partial charge on any atom is 0.388 e. The normalized spacial score (nSPS) is 20.2. The van der Waals surface area contributed by atoms with Crippen LogP contribution < -0.4 is 10.1 Å². The van der Waals surface area contributed by atoms with Gasteiger partial charge >= 0.3 is 6.61 Å². The summed E-state index contributed by atoms with van der Waals surface area (Å²) in [5.74, 6) is 0.564. The van der Waals surface area contributed by atoms with Gasteiger partial charge in [-0.15, -0.1) is 0 Å². The number of nitrogens with one attached hydrogen (secondary N) is 2. The number of alkyl halides is 2. The maximum atomic E-state index is 12.2. The van der Waals surface area contributed by atoms with Crippen LogP contribution in [-0.4, -0.2) is 49.8 Å². The number of hydrogen-bond acceptors (Lipinski definition) is 7. The molecule has 1 atom stereocenters. The third-order valence-corrected chi connectivity index (χ3v) is 4.20. The van der Waals surface area contributed by atoms with Crippen molar-refractivity contribution in [1.29, 1.82) is 0 Å². The lowest BCUT2D eigenvalue weighted by molar-refractivity contribution is -0.0528. The van der Waals surface area contributed by atoms with Crippen LogP contribution in [0.4, 0.5) is 20.4 Å². The van der Waals surface area contributed by atoms with E-state index < -0.39 is 6.61 Å². The molecular formula is C15H17F2N7O2. The number of hydrogen-bond donors (Lipinski definition) is 2. The fourth-order valence-corrected chi connectivity index (χ4v) is 2.88. The number of nitrogens with zero attached hydrogens (tertiary/aromatic N) is 5. The zero-order valence-corrected chi connectivity index (χ0v) is 13.9. The summed E-state index contributed by atoms with van der Waals surface area (Å²) < 4.78 is 35.9. The molecular weight excluding hydrogens is 348 g/mol. The molecule has 1 fully saturated rings. The summed E-state index contributed by atoms with van der Waals surface area (Å²) in [6.07, 6.45) is 4.14. The number of halogens is 2. The van der Waals surface area contributed by atoms with Crippen molar-refractivity contribution < 1.29 is 18.3 Å². The van der Waals surface area contributed by atoms with Crippen LogP contribution in [0.2, 0.25) is 0 Å². The van der Waals surface area contributed by atoms with Crippen LogP contribution in [0.15, 0.2) is 18.5 Å². The SMILES string of the molecule is C[C@]1(Cn2ncc3ncc(Nc4cc(OC(F)F)[nH]n4)nc32)CCOC1. The Morgan fingerprint density at radius 3 is 3.08 bits per heavy atom. The zero-order chi connectivity index (χ0) is 18.1. The van der Waals surface area contributed by atoms with Gasteiger partial charge in [0.2, 0.25) is 5.88 Å². The van der Waals surface area contributed by atoms with Crippen LogP contribution in [0.5, 0.6) is 5.88 Å². The summed E-state index contributed by atoms with van der Waals surface area (Å²) in [5.41, 5.74) is 1.30. The van der Waals surface area contributed by atoms with E-state index in [1.165, 1.54) is 12.3 Å². The molecule has 0 radical (unpaired) electrons. The Morgan fingerprint density at radius 1 is 1.42 bits per heavy atom. The largest absolute Gasteiger partial charge is 0.417 e. The van der Waals surface area contributed by atoms with Gasteiger partial charge in [0.25, 0.3) is 0 Å². The third kappa shape index (κ3) is 3.43. The second-order valence-corrected chi connectivity index (χ2v) is 6.50. The lowest BCUT2D eigenvalue weighted by Gasteiger charge is -2.21. The molecule has 138 valence electrons. The molecule has 0 aliphatic carbocycles. The highest BCUT2D eigenvalue weighted by atomic mass is 19.3. The second kappa shape index (κ2) is 6.48. The Kier molecular flexibility index (Phi) is 4.15.